The Bertz CT molecular complexity index is 1000. The van der Waals surface area contributed by atoms with E-state index < -0.39 is 11.6 Å². The highest BCUT2D eigenvalue weighted by atomic mass is 32.1. The molecule has 0 fully saturated rings. The van der Waals surface area contributed by atoms with Gasteiger partial charge >= 0.3 is 0 Å². The maximum absolute atomic E-state index is 13.4. The lowest BCUT2D eigenvalue weighted by Gasteiger charge is -2.02. The molecule has 3 aromatic heterocycles. The number of nitrogens with zero attached hydrogens (tertiary/aromatic N) is 5. The van der Waals surface area contributed by atoms with Crippen molar-refractivity contribution in [3.8, 4) is 10.6 Å². The molecule has 0 aliphatic heterocycles. The summed E-state index contributed by atoms with van der Waals surface area (Å²) in [7, 11) is 1.85. The van der Waals surface area contributed by atoms with Crippen LogP contribution in [0.15, 0.2) is 36.2 Å². The van der Waals surface area contributed by atoms with Crippen LogP contribution in [0.1, 0.15) is 5.69 Å². The van der Waals surface area contributed by atoms with Gasteiger partial charge in [-0.25, -0.2) is 18.7 Å². The molecule has 116 valence electrons. The molecule has 5 nitrogen and oxygen atoms in total. The Balaban J connectivity index is 1.66. The van der Waals surface area contributed by atoms with Crippen molar-refractivity contribution in [2.75, 3.05) is 0 Å². The molecule has 0 amide bonds. The first-order valence-electron chi connectivity index (χ1n) is 6.83. The number of halogens is 2. The smallest absolute Gasteiger partial charge is 0.161 e. The zero-order valence-corrected chi connectivity index (χ0v) is 12.9. The Morgan fingerprint density at radius 3 is 2.83 bits per heavy atom. The van der Waals surface area contributed by atoms with Crippen LogP contribution in [-0.4, -0.2) is 24.3 Å². The molecule has 0 aliphatic rings. The van der Waals surface area contributed by atoms with Gasteiger partial charge in [-0.3, -0.25) is 4.68 Å². The number of aryl methyl sites for hydroxylation is 1. The second kappa shape index (κ2) is 5.24. The molecule has 1 aromatic carbocycles. The SMILES string of the molecule is Cn1cc(-c2nc(Cn3cnc4cc(F)c(F)cc43)cs2)cn1. The Labute approximate surface area is 133 Å². The average molecular weight is 331 g/mol. The molecule has 4 rings (SSSR count). The van der Waals surface area contributed by atoms with Crippen molar-refractivity contribution in [1.29, 1.82) is 0 Å². The van der Waals surface area contributed by atoms with E-state index >= 15 is 0 Å². The number of hydrogen-bond donors (Lipinski definition) is 0. The molecule has 0 saturated heterocycles. The summed E-state index contributed by atoms with van der Waals surface area (Å²) in [5.41, 5.74) is 2.75. The summed E-state index contributed by atoms with van der Waals surface area (Å²) in [6, 6.07) is 2.26. The van der Waals surface area contributed by atoms with Crippen LogP contribution in [0.5, 0.6) is 0 Å². The highest BCUT2D eigenvalue weighted by Crippen LogP contribution is 2.24. The Morgan fingerprint density at radius 1 is 1.22 bits per heavy atom. The number of aromatic nitrogens is 5. The fraction of sp³-hybridized carbons (Fsp3) is 0.133. The van der Waals surface area contributed by atoms with E-state index in [1.54, 1.807) is 21.8 Å². The first-order chi connectivity index (χ1) is 11.1. The van der Waals surface area contributed by atoms with Gasteiger partial charge < -0.3 is 4.57 Å². The van der Waals surface area contributed by atoms with Crippen LogP contribution in [0.4, 0.5) is 8.78 Å². The third-order valence-electron chi connectivity index (χ3n) is 3.50. The fourth-order valence-corrected chi connectivity index (χ4v) is 3.18. The second-order valence-corrected chi connectivity index (χ2v) is 6.03. The molecule has 0 spiro atoms. The zero-order valence-electron chi connectivity index (χ0n) is 12.1. The summed E-state index contributed by atoms with van der Waals surface area (Å²) in [5, 5.41) is 6.94. The van der Waals surface area contributed by atoms with Gasteiger partial charge in [-0.1, -0.05) is 0 Å². The van der Waals surface area contributed by atoms with E-state index in [9.17, 15) is 8.78 Å². The van der Waals surface area contributed by atoms with Gasteiger partial charge in [-0.15, -0.1) is 11.3 Å². The molecule has 8 heteroatoms. The first kappa shape index (κ1) is 14.0. The molecule has 0 radical (unpaired) electrons. The van der Waals surface area contributed by atoms with Crippen LogP contribution in [-0.2, 0) is 13.6 Å². The minimum absolute atomic E-state index is 0.423. The monoisotopic (exact) mass is 331 g/mol. The van der Waals surface area contributed by atoms with Gasteiger partial charge in [0.15, 0.2) is 11.6 Å². The van der Waals surface area contributed by atoms with Gasteiger partial charge in [-0.2, -0.15) is 5.10 Å². The van der Waals surface area contributed by atoms with Crippen molar-refractivity contribution in [2.45, 2.75) is 6.54 Å². The maximum atomic E-state index is 13.4. The predicted molar refractivity (Wildman–Crippen MR) is 83.1 cm³/mol. The molecule has 4 aromatic rings. The lowest BCUT2D eigenvalue weighted by molar-refractivity contribution is 0.510. The third-order valence-corrected chi connectivity index (χ3v) is 4.44. The van der Waals surface area contributed by atoms with Crippen molar-refractivity contribution in [3.05, 3.63) is 53.6 Å². The normalized spacial score (nSPS) is 11.4. The average Bonchev–Trinajstić information content (AvgIpc) is 3.22. The lowest BCUT2D eigenvalue weighted by Crippen LogP contribution is -1.99. The molecule has 3 heterocycles. The summed E-state index contributed by atoms with van der Waals surface area (Å²) in [5.74, 6) is -1.77. The zero-order chi connectivity index (χ0) is 16.0. The van der Waals surface area contributed by atoms with Gasteiger partial charge in [0.25, 0.3) is 0 Å². The Kier molecular flexibility index (Phi) is 3.19. The van der Waals surface area contributed by atoms with Crippen molar-refractivity contribution >= 4 is 22.4 Å². The first-order valence-corrected chi connectivity index (χ1v) is 7.71. The minimum atomic E-state index is -0.893. The Hall–Kier alpha value is -2.61. The number of benzene rings is 1. The van der Waals surface area contributed by atoms with E-state index in [-0.39, 0.29) is 0 Å². The largest absolute Gasteiger partial charge is 0.324 e. The van der Waals surface area contributed by atoms with E-state index in [0.717, 1.165) is 28.4 Å². The number of imidazole rings is 1. The fourth-order valence-electron chi connectivity index (χ4n) is 2.40. The van der Waals surface area contributed by atoms with Gasteiger partial charge in [0.1, 0.15) is 5.01 Å². The maximum Gasteiger partial charge on any atom is 0.161 e. The molecular weight excluding hydrogens is 320 g/mol. The molecule has 0 unspecified atom stereocenters. The van der Waals surface area contributed by atoms with Crippen LogP contribution in [0.3, 0.4) is 0 Å². The standard InChI is InChI=1S/C15H11F2N5S/c1-21-5-9(4-19-21)15-20-10(7-23-15)6-22-8-18-13-2-11(16)12(17)3-14(13)22/h2-5,7-8H,6H2,1H3. The number of fused-ring (bicyclic) bond motifs is 1. The van der Waals surface area contributed by atoms with E-state index in [1.807, 2.05) is 18.6 Å². The molecule has 0 saturated carbocycles. The number of hydrogen-bond acceptors (Lipinski definition) is 4. The van der Waals surface area contributed by atoms with Crippen LogP contribution < -0.4 is 0 Å². The second-order valence-electron chi connectivity index (χ2n) is 5.17. The summed E-state index contributed by atoms with van der Waals surface area (Å²) in [6.45, 7) is 0.443. The highest BCUT2D eigenvalue weighted by molar-refractivity contribution is 7.13. The molecule has 0 bridgehead atoms. The summed E-state index contributed by atoms with van der Waals surface area (Å²) >= 11 is 1.52. The molecule has 0 atom stereocenters. The summed E-state index contributed by atoms with van der Waals surface area (Å²) < 4.78 is 30.1. The van der Waals surface area contributed by atoms with Crippen LogP contribution in [0, 0.1) is 11.6 Å². The van der Waals surface area contributed by atoms with Gasteiger partial charge in [0.05, 0.1) is 35.8 Å². The third kappa shape index (κ3) is 2.50. The number of rotatable bonds is 3. The topological polar surface area (TPSA) is 48.5 Å². The minimum Gasteiger partial charge on any atom is -0.324 e. The quantitative estimate of drug-likeness (QED) is 0.579. The molecule has 0 N–H and O–H groups in total. The van der Waals surface area contributed by atoms with Crippen LogP contribution >= 0.6 is 11.3 Å². The van der Waals surface area contributed by atoms with Gasteiger partial charge in [-0.05, 0) is 0 Å². The predicted octanol–water partition coefficient (Wildman–Crippen LogP) is 3.22. The Morgan fingerprint density at radius 2 is 2.04 bits per heavy atom. The lowest BCUT2D eigenvalue weighted by atomic mass is 10.3. The van der Waals surface area contributed by atoms with Crippen LogP contribution in [0.2, 0.25) is 0 Å². The molecular formula is C15H11F2N5S. The summed E-state index contributed by atoms with van der Waals surface area (Å²) in [6.07, 6.45) is 5.22. The molecule has 23 heavy (non-hydrogen) atoms. The highest BCUT2D eigenvalue weighted by Gasteiger charge is 2.11. The van der Waals surface area contributed by atoms with Gasteiger partial charge in [0, 0.05) is 36.3 Å². The van der Waals surface area contributed by atoms with Crippen molar-refractivity contribution < 1.29 is 8.78 Å². The van der Waals surface area contributed by atoms with E-state index in [4.69, 9.17) is 0 Å². The van der Waals surface area contributed by atoms with Gasteiger partial charge in [0.2, 0.25) is 0 Å². The number of thiazole rings is 1. The summed E-state index contributed by atoms with van der Waals surface area (Å²) in [4.78, 5) is 8.67. The van der Waals surface area contributed by atoms with E-state index in [0.29, 0.717) is 17.6 Å². The van der Waals surface area contributed by atoms with E-state index in [1.165, 1.54) is 11.3 Å². The van der Waals surface area contributed by atoms with Crippen molar-refractivity contribution in [3.63, 3.8) is 0 Å². The van der Waals surface area contributed by atoms with E-state index in [2.05, 4.69) is 15.1 Å². The van der Waals surface area contributed by atoms with Crippen LogP contribution in [0.25, 0.3) is 21.6 Å². The van der Waals surface area contributed by atoms with Crippen molar-refractivity contribution in [1.82, 2.24) is 24.3 Å². The molecule has 0 aliphatic carbocycles. The van der Waals surface area contributed by atoms with Crippen molar-refractivity contribution in [2.24, 2.45) is 7.05 Å².